The van der Waals surface area contributed by atoms with E-state index in [0.29, 0.717) is 25.1 Å². The summed E-state index contributed by atoms with van der Waals surface area (Å²) in [5.41, 5.74) is 2.68. The van der Waals surface area contributed by atoms with Gasteiger partial charge in [0, 0.05) is 37.6 Å². The minimum absolute atomic E-state index is 0.0676. The van der Waals surface area contributed by atoms with Crippen LogP contribution < -0.4 is 4.72 Å². The minimum Gasteiger partial charge on any atom is -0.349 e. The highest BCUT2D eigenvalue weighted by Crippen LogP contribution is 2.22. The van der Waals surface area contributed by atoms with Crippen molar-refractivity contribution in [1.29, 1.82) is 0 Å². The Kier molecular flexibility index (Phi) is 4.97. The zero-order chi connectivity index (χ0) is 16.5. The van der Waals surface area contributed by atoms with Gasteiger partial charge in [-0.2, -0.15) is 0 Å². The van der Waals surface area contributed by atoms with Crippen molar-refractivity contribution in [2.45, 2.75) is 45.9 Å². The maximum Gasteiger partial charge on any atom is 0.255 e. The van der Waals surface area contributed by atoms with Crippen LogP contribution in [0.25, 0.3) is 0 Å². The molecule has 1 N–H and O–H groups in total. The number of amides is 1. The number of likely N-dealkylation sites (tertiary alicyclic amines) is 1. The molecule has 1 aliphatic rings. The number of aryl methyl sites for hydroxylation is 1. The number of rotatable bonds is 5. The van der Waals surface area contributed by atoms with Crippen LogP contribution in [0.2, 0.25) is 0 Å². The van der Waals surface area contributed by atoms with E-state index in [-0.39, 0.29) is 12.5 Å². The predicted octanol–water partition coefficient (Wildman–Crippen LogP) is 1.28. The quantitative estimate of drug-likeness (QED) is 0.885. The van der Waals surface area contributed by atoms with Crippen molar-refractivity contribution < 1.29 is 13.2 Å². The van der Waals surface area contributed by atoms with Crippen LogP contribution in [0.5, 0.6) is 0 Å². The molecule has 0 radical (unpaired) electrons. The normalized spacial score (nSPS) is 18.9. The standard InChI is InChI=1S/C15H25N3O3S/c1-5-16-22(20,21)13-7-8-17(10-13)15(19)14-9-11(3)18(6-2)12(14)4/h9,13,16H,5-8,10H2,1-4H3/t13-/m1/s1. The third-order valence-corrected chi connectivity index (χ3v) is 6.29. The van der Waals surface area contributed by atoms with Crippen molar-refractivity contribution in [3.63, 3.8) is 0 Å². The highest BCUT2D eigenvalue weighted by atomic mass is 32.2. The highest BCUT2D eigenvalue weighted by Gasteiger charge is 2.35. The molecule has 1 amide bonds. The van der Waals surface area contributed by atoms with Gasteiger partial charge in [-0.05, 0) is 33.3 Å². The van der Waals surface area contributed by atoms with Gasteiger partial charge in [-0.25, -0.2) is 13.1 Å². The SMILES string of the molecule is CCNS(=O)(=O)[C@@H]1CCN(C(=O)c2cc(C)n(CC)c2C)C1. The van der Waals surface area contributed by atoms with Crippen molar-refractivity contribution in [1.82, 2.24) is 14.2 Å². The number of nitrogens with one attached hydrogen (secondary N) is 1. The molecule has 124 valence electrons. The number of hydrogen-bond donors (Lipinski definition) is 1. The summed E-state index contributed by atoms with van der Waals surface area (Å²) < 4.78 is 28.7. The van der Waals surface area contributed by atoms with Crippen molar-refractivity contribution in [2.24, 2.45) is 0 Å². The number of carbonyl (C=O) groups excluding carboxylic acids is 1. The number of sulfonamides is 1. The first kappa shape index (κ1) is 17.0. The van der Waals surface area contributed by atoms with Gasteiger partial charge >= 0.3 is 0 Å². The number of nitrogens with zero attached hydrogens (tertiary/aromatic N) is 2. The summed E-state index contributed by atoms with van der Waals surface area (Å²) in [5, 5.41) is -0.508. The molecule has 2 heterocycles. The Hall–Kier alpha value is -1.34. The van der Waals surface area contributed by atoms with Gasteiger partial charge in [0.1, 0.15) is 0 Å². The van der Waals surface area contributed by atoms with E-state index in [9.17, 15) is 13.2 Å². The van der Waals surface area contributed by atoms with Crippen LogP contribution in [0.1, 0.15) is 42.0 Å². The van der Waals surface area contributed by atoms with E-state index in [1.807, 2.05) is 26.8 Å². The Labute approximate surface area is 132 Å². The number of hydrogen-bond acceptors (Lipinski definition) is 3. The molecule has 7 heteroatoms. The van der Waals surface area contributed by atoms with Gasteiger partial charge in [0.15, 0.2) is 0 Å². The second-order valence-corrected chi connectivity index (χ2v) is 7.78. The molecule has 1 aliphatic heterocycles. The van der Waals surface area contributed by atoms with Crippen molar-refractivity contribution in [2.75, 3.05) is 19.6 Å². The summed E-state index contributed by atoms with van der Waals surface area (Å²) in [5.74, 6) is -0.0676. The zero-order valence-electron chi connectivity index (χ0n) is 13.7. The van der Waals surface area contributed by atoms with Crippen molar-refractivity contribution in [3.05, 3.63) is 23.0 Å². The molecule has 0 bridgehead atoms. The van der Waals surface area contributed by atoms with Gasteiger partial charge in [-0.1, -0.05) is 6.92 Å². The lowest BCUT2D eigenvalue weighted by molar-refractivity contribution is 0.0792. The first-order chi connectivity index (χ1) is 10.3. The number of carbonyl (C=O) groups is 1. The summed E-state index contributed by atoms with van der Waals surface area (Å²) in [4.78, 5) is 14.3. The summed E-state index contributed by atoms with van der Waals surface area (Å²) in [7, 11) is -3.33. The van der Waals surface area contributed by atoms with Gasteiger partial charge in [-0.15, -0.1) is 0 Å². The summed E-state index contributed by atoms with van der Waals surface area (Å²) in [6.07, 6.45) is 0.494. The number of aromatic nitrogens is 1. The Morgan fingerprint density at radius 2 is 2.05 bits per heavy atom. The first-order valence-electron chi connectivity index (χ1n) is 7.76. The van der Waals surface area contributed by atoms with E-state index < -0.39 is 15.3 Å². The van der Waals surface area contributed by atoms with E-state index in [1.165, 1.54) is 0 Å². The maximum absolute atomic E-state index is 12.7. The second kappa shape index (κ2) is 6.42. The fourth-order valence-electron chi connectivity index (χ4n) is 3.16. The van der Waals surface area contributed by atoms with Crippen LogP contribution in [0.4, 0.5) is 0 Å². The van der Waals surface area contributed by atoms with Gasteiger partial charge in [0.25, 0.3) is 5.91 Å². The lowest BCUT2D eigenvalue weighted by Gasteiger charge is -2.17. The summed E-state index contributed by atoms with van der Waals surface area (Å²) >= 11 is 0. The smallest absolute Gasteiger partial charge is 0.255 e. The van der Waals surface area contributed by atoms with E-state index in [1.54, 1.807) is 11.8 Å². The topological polar surface area (TPSA) is 71.4 Å². The van der Waals surface area contributed by atoms with Gasteiger partial charge in [0.05, 0.1) is 10.8 Å². The molecular weight excluding hydrogens is 302 g/mol. The molecule has 0 spiro atoms. The first-order valence-corrected chi connectivity index (χ1v) is 9.30. The second-order valence-electron chi connectivity index (χ2n) is 5.73. The fourth-order valence-corrected chi connectivity index (χ4v) is 4.59. The van der Waals surface area contributed by atoms with Gasteiger partial charge in [0.2, 0.25) is 10.0 Å². The average molecular weight is 327 g/mol. The van der Waals surface area contributed by atoms with Crippen LogP contribution in [0.15, 0.2) is 6.07 Å². The average Bonchev–Trinajstić information content (AvgIpc) is 3.04. The summed E-state index contributed by atoms with van der Waals surface area (Å²) in [6, 6.07) is 1.90. The Morgan fingerprint density at radius 3 is 2.59 bits per heavy atom. The van der Waals surface area contributed by atoms with Crippen LogP contribution in [-0.4, -0.2) is 48.7 Å². The van der Waals surface area contributed by atoms with E-state index >= 15 is 0 Å². The van der Waals surface area contributed by atoms with E-state index in [4.69, 9.17) is 0 Å². The van der Waals surface area contributed by atoms with Crippen LogP contribution in [0.3, 0.4) is 0 Å². The molecule has 2 rings (SSSR count). The van der Waals surface area contributed by atoms with Crippen LogP contribution in [0, 0.1) is 13.8 Å². The monoisotopic (exact) mass is 327 g/mol. The molecule has 6 nitrogen and oxygen atoms in total. The fraction of sp³-hybridized carbons (Fsp3) is 0.667. The molecule has 0 aliphatic carbocycles. The van der Waals surface area contributed by atoms with Crippen LogP contribution in [-0.2, 0) is 16.6 Å². The molecular formula is C15H25N3O3S. The largest absolute Gasteiger partial charge is 0.349 e. The van der Waals surface area contributed by atoms with Crippen molar-refractivity contribution in [3.8, 4) is 0 Å². The lowest BCUT2D eigenvalue weighted by atomic mass is 10.2. The van der Waals surface area contributed by atoms with E-state index in [2.05, 4.69) is 9.29 Å². The molecule has 22 heavy (non-hydrogen) atoms. The van der Waals surface area contributed by atoms with E-state index in [0.717, 1.165) is 17.9 Å². The van der Waals surface area contributed by atoms with Gasteiger partial charge < -0.3 is 9.47 Å². The molecule has 1 atom stereocenters. The third kappa shape index (κ3) is 3.05. The zero-order valence-corrected chi connectivity index (χ0v) is 14.5. The Bertz CT molecular complexity index is 664. The van der Waals surface area contributed by atoms with Crippen molar-refractivity contribution >= 4 is 15.9 Å². The molecule has 1 saturated heterocycles. The molecule has 1 fully saturated rings. The van der Waals surface area contributed by atoms with Gasteiger partial charge in [-0.3, -0.25) is 4.79 Å². The summed E-state index contributed by atoms with van der Waals surface area (Å²) in [6.45, 7) is 9.68. The molecule has 1 aromatic heterocycles. The minimum atomic E-state index is -3.33. The maximum atomic E-state index is 12.7. The highest BCUT2D eigenvalue weighted by molar-refractivity contribution is 7.90. The molecule has 0 unspecified atom stereocenters. The van der Waals surface area contributed by atoms with Crippen LogP contribution >= 0.6 is 0 Å². The Morgan fingerprint density at radius 1 is 1.36 bits per heavy atom. The molecule has 0 aromatic carbocycles. The Balaban J connectivity index is 2.16. The lowest BCUT2D eigenvalue weighted by Crippen LogP contribution is -2.37. The molecule has 0 saturated carbocycles. The third-order valence-electron chi connectivity index (χ3n) is 4.34. The predicted molar refractivity (Wildman–Crippen MR) is 86.5 cm³/mol. The molecule has 1 aromatic rings.